The summed E-state index contributed by atoms with van der Waals surface area (Å²) in [6, 6.07) is 0. The molecular formula is C28H35N5O15. The molecule has 4 heterocycles. The Balaban J connectivity index is 0.000000260. The van der Waals surface area contributed by atoms with Gasteiger partial charge in [-0.05, 0) is 17.1 Å². The number of hydrogen-bond acceptors (Lipinski definition) is 17. The number of carbonyl (C=O) groups is 5. The number of nitriles is 1. The van der Waals surface area contributed by atoms with Gasteiger partial charge in [-0.25, -0.2) is 9.79 Å². The maximum Gasteiger partial charge on any atom is 0.309 e. The molecule has 0 bridgehead atoms. The summed E-state index contributed by atoms with van der Waals surface area (Å²) < 4.78 is 47.5. The molecule has 0 aliphatic carbocycles. The first-order valence-electron chi connectivity index (χ1n) is 15.1. The van der Waals surface area contributed by atoms with Crippen molar-refractivity contribution in [2.75, 3.05) is 39.6 Å². The van der Waals surface area contributed by atoms with Gasteiger partial charge >= 0.3 is 23.9 Å². The Hall–Kier alpha value is -4.63. The van der Waals surface area contributed by atoms with E-state index in [1.54, 1.807) is 0 Å². The number of amides is 1. The minimum Gasteiger partial charge on any atom is -0.457 e. The summed E-state index contributed by atoms with van der Waals surface area (Å²) >= 11 is 0. The summed E-state index contributed by atoms with van der Waals surface area (Å²) in [5.74, 6) is -2.71. The number of carbonyl (C=O) groups excluding carboxylic acids is 6. The van der Waals surface area contributed by atoms with Crippen LogP contribution in [0.25, 0.3) is 10.4 Å². The summed E-state index contributed by atoms with van der Waals surface area (Å²) in [5, 5.41) is 11.1. The minimum absolute atomic E-state index is 0.00979. The van der Waals surface area contributed by atoms with Gasteiger partial charge in [0.1, 0.15) is 31.0 Å². The Kier molecular flexibility index (Phi) is 15.7. The molecule has 0 aromatic heterocycles. The highest BCUT2D eigenvalue weighted by atomic mass is 16.7. The molecule has 0 unspecified atom stereocenters. The van der Waals surface area contributed by atoms with Crippen molar-refractivity contribution in [1.29, 1.82) is 5.26 Å². The summed E-state index contributed by atoms with van der Waals surface area (Å²) in [6.07, 6.45) is -1.03. The zero-order valence-electron chi connectivity index (χ0n) is 26.0. The van der Waals surface area contributed by atoms with Crippen molar-refractivity contribution in [2.24, 2.45) is 10.1 Å². The summed E-state index contributed by atoms with van der Waals surface area (Å²) in [6.45, 7) is 2.41. The van der Waals surface area contributed by atoms with Gasteiger partial charge in [-0.2, -0.15) is 5.26 Å². The summed E-state index contributed by atoms with van der Waals surface area (Å²) in [7, 11) is 0. The molecule has 0 radical (unpaired) electrons. The molecule has 4 saturated heterocycles. The normalized spacial score (nSPS) is 27.7. The quantitative estimate of drug-likeness (QED) is 0.0258. The Bertz CT molecular complexity index is 1290. The number of rotatable bonds is 15. The lowest BCUT2D eigenvalue weighted by Gasteiger charge is -2.17. The third-order valence-electron chi connectivity index (χ3n) is 7.17. The molecule has 4 aliphatic rings. The Morgan fingerprint density at radius 1 is 0.729 bits per heavy atom. The molecule has 1 amide bonds. The van der Waals surface area contributed by atoms with E-state index in [9.17, 15) is 28.8 Å². The molecule has 48 heavy (non-hydrogen) atoms. The van der Waals surface area contributed by atoms with E-state index in [0.717, 1.165) is 0 Å². The molecule has 0 aromatic carbocycles. The van der Waals surface area contributed by atoms with Gasteiger partial charge in [0.05, 0.1) is 52.2 Å². The van der Waals surface area contributed by atoms with Crippen LogP contribution in [0, 0.1) is 11.5 Å². The first kappa shape index (κ1) is 37.8. The highest BCUT2D eigenvalue weighted by Gasteiger charge is 2.52. The fraction of sp³-hybridized carbons (Fsp3) is 0.750. The topological polar surface area (TPSA) is 270 Å². The number of azide groups is 1. The van der Waals surface area contributed by atoms with Crippen molar-refractivity contribution in [3.8, 4) is 6.26 Å². The van der Waals surface area contributed by atoms with Gasteiger partial charge in [0.2, 0.25) is 12.0 Å². The van der Waals surface area contributed by atoms with Crippen molar-refractivity contribution < 1.29 is 71.4 Å². The van der Waals surface area contributed by atoms with Gasteiger partial charge in [-0.1, -0.05) is 6.92 Å². The zero-order valence-corrected chi connectivity index (χ0v) is 26.0. The van der Waals surface area contributed by atoms with E-state index in [4.69, 9.17) is 48.7 Å². The van der Waals surface area contributed by atoms with Crippen molar-refractivity contribution in [2.45, 2.75) is 94.3 Å². The van der Waals surface area contributed by atoms with Crippen LogP contribution in [0.4, 0.5) is 0 Å². The molecule has 0 saturated carbocycles. The van der Waals surface area contributed by atoms with Gasteiger partial charge < -0.3 is 42.6 Å². The average molecular weight is 682 g/mol. The molecule has 0 spiro atoms. The van der Waals surface area contributed by atoms with Crippen LogP contribution in [-0.2, 0) is 71.4 Å². The van der Waals surface area contributed by atoms with E-state index in [0.29, 0.717) is 12.8 Å². The molecule has 0 N–H and O–H groups in total. The van der Waals surface area contributed by atoms with Gasteiger partial charge in [0.25, 0.3) is 6.26 Å². The predicted molar refractivity (Wildman–Crippen MR) is 151 cm³/mol. The largest absolute Gasteiger partial charge is 0.457 e. The van der Waals surface area contributed by atoms with Gasteiger partial charge in [0, 0.05) is 17.8 Å². The summed E-state index contributed by atoms with van der Waals surface area (Å²) in [5.41, 5.74) is 8.11. The number of aliphatic imine (C=N–C) groups is 1. The maximum absolute atomic E-state index is 11.7. The van der Waals surface area contributed by atoms with Gasteiger partial charge in [-0.15, -0.1) is 0 Å². The van der Waals surface area contributed by atoms with E-state index in [1.807, 2.05) is 6.92 Å². The first-order valence-corrected chi connectivity index (χ1v) is 15.1. The van der Waals surface area contributed by atoms with E-state index >= 15 is 0 Å². The SMILES string of the molecule is CCCC(=O)O[C@@H]1CO[C@H]2[C@@H]1OC[C@@H]2OC(=O)CCC(=O)N=[N+]=[N-].N#COCCC(=O)O[C@@H]1CO[C@H]2[C@@H]1OC[C@@H]2OC(=O)CCN=C=O. The van der Waals surface area contributed by atoms with E-state index < -0.39 is 72.6 Å². The highest BCUT2D eigenvalue weighted by Crippen LogP contribution is 2.32. The van der Waals surface area contributed by atoms with Gasteiger partial charge in [-0.3, -0.25) is 24.0 Å². The molecule has 4 aliphatic heterocycles. The summed E-state index contributed by atoms with van der Waals surface area (Å²) in [4.78, 5) is 73.1. The van der Waals surface area contributed by atoms with Crippen LogP contribution in [0.2, 0.25) is 0 Å². The van der Waals surface area contributed by atoms with Crippen LogP contribution in [0.1, 0.15) is 45.4 Å². The molecule has 8 atom stereocenters. The first-order chi connectivity index (χ1) is 23.2. The van der Waals surface area contributed by atoms with Crippen molar-refractivity contribution >= 4 is 35.9 Å². The number of fused-ring (bicyclic) bond motifs is 2. The average Bonchev–Trinajstić information content (AvgIpc) is 3.83. The molecular weight excluding hydrogens is 646 g/mol. The number of nitrogens with zero attached hydrogens (tertiary/aromatic N) is 5. The number of hydrogen-bond donors (Lipinski definition) is 0. The molecule has 20 heteroatoms. The standard InChI is InChI=1S/C14H19N3O7.C14H16N2O8/c1-2-3-11(19)23-8-6-21-14-9(7-22-13(8)14)24-12(20)5-4-10(18)16-17-15;15-7-20-4-2-12(19)24-10-6-22-13-9(5-21-14(10)13)23-11(18)1-3-16-8-17/h8-9,13-14H,2-7H2,1H3;9-10,13-14H,1-6H2/t8-,9+,13-,14-;9-,10+,13+,14+/m10/s1. The molecule has 262 valence electrons. The number of isocyanates is 1. The van der Waals surface area contributed by atoms with E-state index in [-0.39, 0.29) is 71.2 Å². The second-order valence-electron chi connectivity index (χ2n) is 10.6. The van der Waals surface area contributed by atoms with Crippen LogP contribution >= 0.6 is 0 Å². The van der Waals surface area contributed by atoms with E-state index in [1.165, 1.54) is 12.3 Å². The zero-order chi connectivity index (χ0) is 34.9. The second kappa shape index (κ2) is 19.9. The lowest BCUT2D eigenvalue weighted by Crippen LogP contribution is -2.36. The predicted octanol–water partition coefficient (Wildman–Crippen LogP) is 0.246. The third-order valence-corrected chi connectivity index (χ3v) is 7.17. The number of ether oxygens (including phenoxy) is 9. The Labute approximate surface area is 273 Å². The fourth-order valence-corrected chi connectivity index (χ4v) is 5.06. The lowest BCUT2D eigenvalue weighted by molar-refractivity contribution is -0.157. The van der Waals surface area contributed by atoms with Crippen LogP contribution in [-0.4, -0.2) is 124 Å². The maximum atomic E-state index is 11.7. The van der Waals surface area contributed by atoms with Crippen molar-refractivity contribution in [1.82, 2.24) is 0 Å². The number of esters is 4. The van der Waals surface area contributed by atoms with Crippen LogP contribution in [0.5, 0.6) is 0 Å². The second-order valence-corrected chi connectivity index (χ2v) is 10.6. The molecule has 0 aromatic rings. The monoisotopic (exact) mass is 681 g/mol. The van der Waals surface area contributed by atoms with Crippen molar-refractivity contribution in [3.05, 3.63) is 10.4 Å². The third kappa shape index (κ3) is 11.6. The van der Waals surface area contributed by atoms with Crippen LogP contribution < -0.4 is 0 Å². The van der Waals surface area contributed by atoms with Crippen molar-refractivity contribution in [3.63, 3.8) is 0 Å². The Morgan fingerprint density at radius 3 is 1.58 bits per heavy atom. The minimum atomic E-state index is -0.727. The fourth-order valence-electron chi connectivity index (χ4n) is 5.06. The molecule has 4 rings (SSSR count). The Morgan fingerprint density at radius 2 is 1.17 bits per heavy atom. The van der Waals surface area contributed by atoms with Crippen LogP contribution in [0.15, 0.2) is 10.1 Å². The highest BCUT2D eigenvalue weighted by molar-refractivity contribution is 5.81. The smallest absolute Gasteiger partial charge is 0.309 e. The molecule has 4 fully saturated rings. The van der Waals surface area contributed by atoms with E-state index in [2.05, 4.69) is 19.8 Å². The van der Waals surface area contributed by atoms with Gasteiger partial charge in [0.15, 0.2) is 24.4 Å². The van der Waals surface area contributed by atoms with Crippen LogP contribution in [0.3, 0.4) is 0 Å². The molecule has 20 nitrogen and oxygen atoms in total. The lowest BCUT2D eigenvalue weighted by atomic mass is 10.1.